The molecular formula is C14H22N2O3. The summed E-state index contributed by atoms with van der Waals surface area (Å²) in [5.74, 6) is 0.851. The van der Waals surface area contributed by atoms with Crippen molar-refractivity contribution in [2.75, 3.05) is 33.4 Å². The van der Waals surface area contributed by atoms with Crippen LogP contribution < -0.4 is 10.1 Å². The molecule has 0 aromatic heterocycles. The van der Waals surface area contributed by atoms with Gasteiger partial charge in [0, 0.05) is 20.1 Å². The van der Waals surface area contributed by atoms with Gasteiger partial charge in [0.1, 0.15) is 5.75 Å². The molecule has 1 aromatic carbocycles. The van der Waals surface area contributed by atoms with E-state index in [0.717, 1.165) is 17.7 Å². The summed E-state index contributed by atoms with van der Waals surface area (Å²) in [6, 6.07) is 7.68. The van der Waals surface area contributed by atoms with Crippen molar-refractivity contribution in [1.29, 1.82) is 0 Å². The first-order valence-corrected chi connectivity index (χ1v) is 6.49. The predicted molar refractivity (Wildman–Crippen MR) is 74.4 cm³/mol. The molecule has 0 bridgehead atoms. The molecule has 1 rings (SSSR count). The van der Waals surface area contributed by atoms with E-state index < -0.39 is 0 Å². The van der Waals surface area contributed by atoms with Crippen molar-refractivity contribution < 1.29 is 14.6 Å². The molecule has 0 aliphatic heterocycles. The standard InChI is InChI=1S/C14H22N2O3/c1-3-19-13-6-4-5-12(11-13)7-8-15-14(18)16(2)9-10-17/h4-6,11,17H,3,7-10H2,1-2H3,(H,15,18). The van der Waals surface area contributed by atoms with Crippen LogP contribution in [0.5, 0.6) is 5.75 Å². The van der Waals surface area contributed by atoms with Crippen LogP contribution in [0.3, 0.4) is 0 Å². The van der Waals surface area contributed by atoms with Gasteiger partial charge in [-0.15, -0.1) is 0 Å². The van der Waals surface area contributed by atoms with E-state index in [0.29, 0.717) is 19.7 Å². The van der Waals surface area contributed by atoms with E-state index in [4.69, 9.17) is 9.84 Å². The molecule has 0 aliphatic carbocycles. The first-order valence-electron chi connectivity index (χ1n) is 6.49. The highest BCUT2D eigenvalue weighted by atomic mass is 16.5. The molecule has 0 saturated carbocycles. The van der Waals surface area contributed by atoms with Gasteiger partial charge in [0.15, 0.2) is 0 Å². The Hall–Kier alpha value is -1.75. The molecule has 106 valence electrons. The van der Waals surface area contributed by atoms with Crippen molar-refractivity contribution in [3.05, 3.63) is 29.8 Å². The van der Waals surface area contributed by atoms with Crippen molar-refractivity contribution in [1.82, 2.24) is 10.2 Å². The number of nitrogens with zero attached hydrogens (tertiary/aromatic N) is 1. The first-order chi connectivity index (χ1) is 9.17. The van der Waals surface area contributed by atoms with Crippen LogP contribution in [0.2, 0.25) is 0 Å². The number of benzene rings is 1. The Morgan fingerprint density at radius 1 is 1.47 bits per heavy atom. The van der Waals surface area contributed by atoms with E-state index in [1.165, 1.54) is 4.90 Å². The van der Waals surface area contributed by atoms with Crippen molar-refractivity contribution in [3.8, 4) is 5.75 Å². The molecule has 0 spiro atoms. The van der Waals surface area contributed by atoms with Gasteiger partial charge < -0.3 is 20.1 Å². The minimum Gasteiger partial charge on any atom is -0.494 e. The van der Waals surface area contributed by atoms with Crippen molar-refractivity contribution >= 4 is 6.03 Å². The molecule has 5 nitrogen and oxygen atoms in total. The summed E-state index contributed by atoms with van der Waals surface area (Å²) in [4.78, 5) is 13.0. The third-order valence-corrected chi connectivity index (χ3v) is 2.68. The zero-order valence-electron chi connectivity index (χ0n) is 11.6. The molecule has 0 heterocycles. The van der Waals surface area contributed by atoms with Crippen LogP contribution in [0.4, 0.5) is 4.79 Å². The second kappa shape index (κ2) is 8.37. The Bertz CT molecular complexity index is 396. The molecule has 2 N–H and O–H groups in total. The van der Waals surface area contributed by atoms with Crippen LogP contribution in [0.25, 0.3) is 0 Å². The summed E-state index contributed by atoms with van der Waals surface area (Å²) in [7, 11) is 1.65. The lowest BCUT2D eigenvalue weighted by atomic mass is 10.1. The Morgan fingerprint density at radius 3 is 2.95 bits per heavy atom. The third kappa shape index (κ3) is 5.61. The molecule has 0 atom stereocenters. The maximum atomic E-state index is 11.6. The number of urea groups is 1. The Labute approximate surface area is 114 Å². The van der Waals surface area contributed by atoms with Gasteiger partial charge in [-0.2, -0.15) is 0 Å². The third-order valence-electron chi connectivity index (χ3n) is 2.68. The normalized spacial score (nSPS) is 10.1. The van der Waals surface area contributed by atoms with Gasteiger partial charge >= 0.3 is 6.03 Å². The summed E-state index contributed by atoms with van der Waals surface area (Å²) >= 11 is 0. The van der Waals surface area contributed by atoms with E-state index in [9.17, 15) is 4.79 Å². The van der Waals surface area contributed by atoms with E-state index >= 15 is 0 Å². The van der Waals surface area contributed by atoms with E-state index in [1.54, 1.807) is 7.05 Å². The second-order valence-electron chi connectivity index (χ2n) is 4.21. The number of ether oxygens (including phenoxy) is 1. The summed E-state index contributed by atoms with van der Waals surface area (Å²) in [5.41, 5.74) is 1.12. The number of nitrogens with one attached hydrogen (secondary N) is 1. The van der Waals surface area contributed by atoms with Gasteiger partial charge in [-0.25, -0.2) is 4.79 Å². The monoisotopic (exact) mass is 266 g/mol. The number of rotatable bonds is 7. The lowest BCUT2D eigenvalue weighted by molar-refractivity contribution is 0.190. The lowest BCUT2D eigenvalue weighted by Gasteiger charge is -2.16. The quantitative estimate of drug-likeness (QED) is 0.781. The lowest BCUT2D eigenvalue weighted by Crippen LogP contribution is -2.39. The second-order valence-corrected chi connectivity index (χ2v) is 4.21. The largest absolute Gasteiger partial charge is 0.494 e. The summed E-state index contributed by atoms with van der Waals surface area (Å²) in [6.45, 7) is 3.46. The molecule has 0 radical (unpaired) electrons. The number of aliphatic hydroxyl groups is 1. The minimum atomic E-state index is -0.171. The van der Waals surface area contributed by atoms with E-state index in [2.05, 4.69) is 5.32 Å². The van der Waals surface area contributed by atoms with Crippen molar-refractivity contribution in [2.24, 2.45) is 0 Å². The number of carbonyl (C=O) groups excluding carboxylic acids is 1. The number of likely N-dealkylation sites (N-methyl/N-ethyl adjacent to an activating group) is 1. The van der Waals surface area contributed by atoms with Gasteiger partial charge in [0.25, 0.3) is 0 Å². The van der Waals surface area contributed by atoms with Crippen LogP contribution in [0.15, 0.2) is 24.3 Å². The van der Waals surface area contributed by atoms with E-state index in [-0.39, 0.29) is 12.6 Å². The van der Waals surface area contributed by atoms with Gasteiger partial charge in [0.05, 0.1) is 13.2 Å². The van der Waals surface area contributed by atoms with Crippen LogP contribution in [0.1, 0.15) is 12.5 Å². The maximum absolute atomic E-state index is 11.6. The molecule has 5 heteroatoms. The Balaban J connectivity index is 2.36. The Kier molecular flexibility index (Phi) is 6.74. The molecule has 2 amide bonds. The number of hydrogen-bond donors (Lipinski definition) is 2. The van der Waals surface area contributed by atoms with Gasteiger partial charge in [-0.05, 0) is 31.0 Å². The van der Waals surface area contributed by atoms with Crippen LogP contribution in [-0.4, -0.2) is 49.4 Å². The molecule has 0 saturated heterocycles. The average Bonchev–Trinajstić information content (AvgIpc) is 2.40. The van der Waals surface area contributed by atoms with Crippen LogP contribution >= 0.6 is 0 Å². The highest BCUT2D eigenvalue weighted by Crippen LogP contribution is 2.13. The predicted octanol–water partition coefficient (Wildman–Crippen LogP) is 1.26. The minimum absolute atomic E-state index is 0.0275. The molecule has 0 fully saturated rings. The van der Waals surface area contributed by atoms with Crippen molar-refractivity contribution in [3.63, 3.8) is 0 Å². The zero-order chi connectivity index (χ0) is 14.1. The van der Waals surface area contributed by atoms with E-state index in [1.807, 2.05) is 31.2 Å². The number of carbonyl (C=O) groups is 1. The van der Waals surface area contributed by atoms with Gasteiger partial charge in [-0.3, -0.25) is 0 Å². The van der Waals surface area contributed by atoms with Gasteiger partial charge in [-0.1, -0.05) is 12.1 Å². The molecule has 0 aliphatic rings. The summed E-state index contributed by atoms with van der Waals surface area (Å²) in [6.07, 6.45) is 0.750. The fraction of sp³-hybridized carbons (Fsp3) is 0.500. The topological polar surface area (TPSA) is 61.8 Å². The highest BCUT2D eigenvalue weighted by Gasteiger charge is 2.06. The number of amides is 2. The van der Waals surface area contributed by atoms with Crippen LogP contribution in [-0.2, 0) is 6.42 Å². The molecule has 1 aromatic rings. The highest BCUT2D eigenvalue weighted by molar-refractivity contribution is 5.73. The van der Waals surface area contributed by atoms with Gasteiger partial charge in [0.2, 0.25) is 0 Å². The maximum Gasteiger partial charge on any atom is 0.317 e. The number of aliphatic hydroxyl groups excluding tert-OH is 1. The zero-order valence-corrected chi connectivity index (χ0v) is 11.6. The summed E-state index contributed by atoms with van der Waals surface area (Å²) < 4.78 is 5.42. The fourth-order valence-electron chi connectivity index (χ4n) is 1.66. The average molecular weight is 266 g/mol. The summed E-state index contributed by atoms with van der Waals surface area (Å²) in [5, 5.41) is 11.5. The smallest absolute Gasteiger partial charge is 0.317 e. The molecule has 19 heavy (non-hydrogen) atoms. The van der Waals surface area contributed by atoms with Crippen LogP contribution in [0, 0.1) is 0 Å². The SMILES string of the molecule is CCOc1cccc(CCNC(=O)N(C)CCO)c1. The first kappa shape index (κ1) is 15.3. The molecular weight excluding hydrogens is 244 g/mol. The Morgan fingerprint density at radius 2 is 2.26 bits per heavy atom. The fourth-order valence-corrected chi connectivity index (χ4v) is 1.66. The van der Waals surface area contributed by atoms with Crippen molar-refractivity contribution in [2.45, 2.75) is 13.3 Å². The number of hydrogen-bond acceptors (Lipinski definition) is 3. The molecule has 0 unspecified atom stereocenters.